The number of rotatable bonds is 3. The molecule has 0 bridgehead atoms. The molecule has 1 fully saturated rings. The Balaban J connectivity index is 1.99. The number of nitrogens with zero attached hydrogens (tertiary/aromatic N) is 1. The molecule has 1 heterocycles. The lowest BCUT2D eigenvalue weighted by Crippen LogP contribution is -2.24. The Bertz CT molecular complexity index is 452. The molecule has 3 nitrogen and oxygen atoms in total. The van der Waals surface area contributed by atoms with Gasteiger partial charge in [-0.1, -0.05) is 6.07 Å². The summed E-state index contributed by atoms with van der Waals surface area (Å²) in [6.07, 6.45) is 4.33. The van der Waals surface area contributed by atoms with Gasteiger partial charge in [0.1, 0.15) is 5.75 Å². The average molecular weight is 232 g/mol. The first-order valence-electron chi connectivity index (χ1n) is 6.32. The summed E-state index contributed by atoms with van der Waals surface area (Å²) in [4.78, 5) is 2.29. The van der Waals surface area contributed by atoms with Crippen LogP contribution in [0.15, 0.2) is 12.1 Å². The number of anilines is 1. The van der Waals surface area contributed by atoms with Crippen LogP contribution in [0.4, 0.5) is 5.69 Å². The van der Waals surface area contributed by atoms with Crippen molar-refractivity contribution < 1.29 is 4.74 Å². The van der Waals surface area contributed by atoms with E-state index in [0.29, 0.717) is 0 Å². The number of hydrogen-bond acceptors (Lipinski definition) is 3. The molecule has 17 heavy (non-hydrogen) atoms. The third-order valence-electron chi connectivity index (χ3n) is 4.06. The van der Waals surface area contributed by atoms with Crippen molar-refractivity contribution >= 4 is 5.69 Å². The van der Waals surface area contributed by atoms with Crippen molar-refractivity contribution in [2.45, 2.75) is 31.2 Å². The molecule has 0 radical (unpaired) electrons. The second-order valence-corrected chi connectivity index (χ2v) is 5.47. The van der Waals surface area contributed by atoms with Crippen molar-refractivity contribution in [3.63, 3.8) is 0 Å². The Labute approximate surface area is 103 Å². The Morgan fingerprint density at radius 2 is 2.18 bits per heavy atom. The molecule has 1 aromatic rings. The summed E-state index contributed by atoms with van der Waals surface area (Å²) in [5.74, 6) is 1.07. The summed E-state index contributed by atoms with van der Waals surface area (Å²) < 4.78 is 5.63. The van der Waals surface area contributed by atoms with Gasteiger partial charge in [-0.05, 0) is 37.3 Å². The van der Waals surface area contributed by atoms with Crippen molar-refractivity contribution in [3.8, 4) is 5.75 Å². The summed E-state index contributed by atoms with van der Waals surface area (Å²) in [7, 11) is 3.91. The smallest absolute Gasteiger partial charge is 0.127 e. The Morgan fingerprint density at radius 3 is 2.82 bits per heavy atom. The first-order valence-corrected chi connectivity index (χ1v) is 6.32. The summed E-state index contributed by atoms with van der Waals surface area (Å²) in [5.41, 5.74) is 10.2. The average Bonchev–Trinajstić information content (AvgIpc) is 2.91. The fourth-order valence-corrected chi connectivity index (χ4v) is 2.78. The van der Waals surface area contributed by atoms with Gasteiger partial charge in [-0.15, -0.1) is 0 Å². The molecule has 3 rings (SSSR count). The molecular formula is C14H20N2O. The van der Waals surface area contributed by atoms with Crippen LogP contribution in [0.3, 0.4) is 0 Å². The Morgan fingerprint density at radius 1 is 1.41 bits per heavy atom. The van der Waals surface area contributed by atoms with E-state index in [-0.39, 0.29) is 5.54 Å². The molecule has 0 aromatic heterocycles. The highest BCUT2D eigenvalue weighted by Crippen LogP contribution is 2.42. The lowest BCUT2D eigenvalue weighted by Gasteiger charge is -2.17. The lowest BCUT2D eigenvalue weighted by atomic mass is 9.99. The van der Waals surface area contributed by atoms with E-state index in [2.05, 4.69) is 24.1 Å². The summed E-state index contributed by atoms with van der Waals surface area (Å²) >= 11 is 0. The van der Waals surface area contributed by atoms with Crippen LogP contribution < -0.4 is 15.4 Å². The van der Waals surface area contributed by atoms with Gasteiger partial charge in [-0.3, -0.25) is 0 Å². The second-order valence-electron chi connectivity index (χ2n) is 5.47. The number of fused-ring (bicyclic) bond motifs is 1. The first-order chi connectivity index (χ1) is 8.13. The first kappa shape index (κ1) is 10.9. The van der Waals surface area contributed by atoms with E-state index >= 15 is 0 Å². The number of hydrogen-bond donors (Lipinski definition) is 1. The van der Waals surface area contributed by atoms with Crippen LogP contribution in [0, 0.1) is 0 Å². The molecule has 1 saturated carbocycles. The highest BCUT2D eigenvalue weighted by Gasteiger charge is 2.39. The zero-order chi connectivity index (χ0) is 12.0. The predicted molar refractivity (Wildman–Crippen MR) is 69.8 cm³/mol. The van der Waals surface area contributed by atoms with Crippen LogP contribution >= 0.6 is 0 Å². The maximum atomic E-state index is 6.21. The molecule has 0 amide bonds. The van der Waals surface area contributed by atoms with Crippen LogP contribution in [-0.4, -0.2) is 26.2 Å². The summed E-state index contributed by atoms with van der Waals surface area (Å²) in [5, 5.41) is 0. The van der Waals surface area contributed by atoms with Gasteiger partial charge in [-0.2, -0.15) is 0 Å². The molecule has 0 atom stereocenters. The molecule has 2 aliphatic rings. The highest BCUT2D eigenvalue weighted by atomic mass is 16.5. The van der Waals surface area contributed by atoms with Crippen LogP contribution in [-0.2, 0) is 12.8 Å². The summed E-state index contributed by atoms with van der Waals surface area (Å²) in [6, 6.07) is 4.40. The van der Waals surface area contributed by atoms with Gasteiger partial charge in [-0.25, -0.2) is 0 Å². The van der Waals surface area contributed by atoms with Gasteiger partial charge in [0.25, 0.3) is 0 Å². The van der Waals surface area contributed by atoms with Crippen LogP contribution in [0.5, 0.6) is 5.75 Å². The number of methoxy groups -OCH3 is 1. The van der Waals surface area contributed by atoms with Crippen LogP contribution in [0.25, 0.3) is 0 Å². The van der Waals surface area contributed by atoms with E-state index < -0.39 is 0 Å². The minimum absolute atomic E-state index is 0.0476. The van der Waals surface area contributed by atoms with Gasteiger partial charge < -0.3 is 15.4 Å². The van der Waals surface area contributed by atoms with Gasteiger partial charge in [0.05, 0.1) is 7.11 Å². The quantitative estimate of drug-likeness (QED) is 0.862. The largest absolute Gasteiger partial charge is 0.496 e. The van der Waals surface area contributed by atoms with Crippen LogP contribution in [0.2, 0.25) is 0 Å². The lowest BCUT2D eigenvalue weighted by molar-refractivity contribution is 0.403. The summed E-state index contributed by atoms with van der Waals surface area (Å²) in [6.45, 7) is 1.09. The zero-order valence-corrected chi connectivity index (χ0v) is 10.6. The van der Waals surface area contributed by atoms with Crippen molar-refractivity contribution in [1.82, 2.24) is 0 Å². The standard InChI is InChI=1S/C14H20N2O/c1-16-8-5-11-12(16)4-3-10(13(11)17-2)9-14(15)6-7-14/h3-4H,5-9,15H2,1-2H3. The van der Waals surface area contributed by atoms with Gasteiger partial charge >= 0.3 is 0 Å². The molecule has 0 unspecified atom stereocenters. The predicted octanol–water partition coefficient (Wildman–Crippen LogP) is 1.72. The number of ether oxygens (including phenoxy) is 1. The van der Waals surface area contributed by atoms with E-state index in [1.54, 1.807) is 7.11 Å². The van der Waals surface area contributed by atoms with Crippen molar-refractivity contribution in [2.24, 2.45) is 5.73 Å². The highest BCUT2D eigenvalue weighted by molar-refractivity contribution is 5.65. The number of nitrogens with two attached hydrogens (primary N) is 1. The molecule has 1 aromatic carbocycles. The van der Waals surface area contributed by atoms with E-state index in [1.807, 2.05) is 0 Å². The van der Waals surface area contributed by atoms with Crippen LogP contribution in [0.1, 0.15) is 24.0 Å². The Hall–Kier alpha value is -1.22. The number of benzene rings is 1. The van der Waals surface area contributed by atoms with E-state index in [1.165, 1.54) is 16.8 Å². The van der Waals surface area contributed by atoms with Crippen molar-refractivity contribution in [2.75, 3.05) is 25.6 Å². The topological polar surface area (TPSA) is 38.5 Å². The fraction of sp³-hybridized carbons (Fsp3) is 0.571. The van der Waals surface area contributed by atoms with E-state index in [4.69, 9.17) is 10.5 Å². The molecule has 0 spiro atoms. The molecular weight excluding hydrogens is 212 g/mol. The number of likely N-dealkylation sites (N-methyl/N-ethyl adjacent to an activating group) is 1. The zero-order valence-electron chi connectivity index (χ0n) is 10.6. The monoisotopic (exact) mass is 232 g/mol. The van der Waals surface area contributed by atoms with E-state index in [0.717, 1.165) is 38.0 Å². The molecule has 1 aliphatic carbocycles. The maximum Gasteiger partial charge on any atom is 0.127 e. The maximum absolute atomic E-state index is 6.21. The normalized spacial score (nSPS) is 20.3. The van der Waals surface area contributed by atoms with Gasteiger partial charge in [0, 0.05) is 30.4 Å². The van der Waals surface area contributed by atoms with Gasteiger partial charge in [0.2, 0.25) is 0 Å². The minimum Gasteiger partial charge on any atom is -0.496 e. The van der Waals surface area contributed by atoms with Gasteiger partial charge in [0.15, 0.2) is 0 Å². The third kappa shape index (κ3) is 1.78. The molecule has 2 N–H and O–H groups in total. The molecule has 0 saturated heterocycles. The molecule has 1 aliphatic heterocycles. The van der Waals surface area contributed by atoms with E-state index in [9.17, 15) is 0 Å². The second kappa shape index (κ2) is 3.64. The third-order valence-corrected chi connectivity index (χ3v) is 4.06. The van der Waals surface area contributed by atoms with Crippen molar-refractivity contribution in [1.29, 1.82) is 0 Å². The Kier molecular flexibility index (Phi) is 2.33. The minimum atomic E-state index is 0.0476. The SMILES string of the molecule is COc1c(CC2(N)CC2)ccc2c1CCN2C. The van der Waals surface area contributed by atoms with Crippen molar-refractivity contribution in [3.05, 3.63) is 23.3 Å². The molecule has 92 valence electrons. The fourth-order valence-electron chi connectivity index (χ4n) is 2.78. The molecule has 3 heteroatoms.